The third-order valence-electron chi connectivity index (χ3n) is 6.63. The first-order chi connectivity index (χ1) is 24.6. The van der Waals surface area contributed by atoms with Crippen LogP contribution in [0.2, 0.25) is 0 Å². The van der Waals surface area contributed by atoms with Crippen molar-refractivity contribution in [2.45, 2.75) is 13.3 Å². The van der Waals surface area contributed by atoms with Gasteiger partial charge in [-0.2, -0.15) is 0 Å². The molecule has 12 nitrogen and oxygen atoms in total. The molecule has 0 aliphatic heterocycles. The minimum atomic E-state index is -0.650. The second kappa shape index (κ2) is 18.7. The quantitative estimate of drug-likeness (QED) is 0.0525. The van der Waals surface area contributed by atoms with Crippen LogP contribution in [-0.4, -0.2) is 56.3 Å². The second-order valence-electron chi connectivity index (χ2n) is 10.6. The lowest BCUT2D eigenvalue weighted by molar-refractivity contribution is -0.140. The van der Waals surface area contributed by atoms with Crippen LogP contribution in [0.25, 0.3) is 0 Å². The first kappa shape index (κ1) is 37.1. The largest absolute Gasteiger partial charge is 0.493 e. The molecule has 0 spiro atoms. The summed E-state index contributed by atoms with van der Waals surface area (Å²) in [7, 11) is 0. The molecule has 0 aliphatic carbocycles. The fourth-order valence-electron chi connectivity index (χ4n) is 4.00. The van der Waals surface area contributed by atoms with Gasteiger partial charge in [-0.15, -0.1) is 0 Å². The Morgan fingerprint density at radius 1 is 0.510 bits per heavy atom. The Bertz CT molecular complexity index is 1840. The molecule has 0 aromatic heterocycles. The van der Waals surface area contributed by atoms with E-state index in [2.05, 4.69) is 13.2 Å². The Balaban J connectivity index is 1.19. The van der Waals surface area contributed by atoms with Crippen molar-refractivity contribution >= 4 is 29.8 Å². The topological polar surface area (TPSA) is 150 Å². The van der Waals surface area contributed by atoms with Crippen molar-refractivity contribution in [3.63, 3.8) is 0 Å². The molecule has 0 bridgehead atoms. The van der Waals surface area contributed by atoms with E-state index in [4.69, 9.17) is 33.2 Å². The van der Waals surface area contributed by atoms with E-state index in [1.165, 1.54) is 60.7 Å². The zero-order chi connectivity index (χ0) is 36.6. The van der Waals surface area contributed by atoms with E-state index in [1.807, 2.05) is 0 Å². The summed E-state index contributed by atoms with van der Waals surface area (Å²) < 4.78 is 37.1. The number of benzene rings is 4. The molecule has 51 heavy (non-hydrogen) atoms. The SMILES string of the molecule is C=CC(=O)OCCCOc1ccc(C(=O)Oc2ccc(OC(=O)c3ccc(OC(=O)c4ccc(OCCOC(=O)C(=C)C)cc4)cc3)cc2)cc1. The molecule has 0 saturated heterocycles. The number of carbonyl (C=O) groups is 5. The number of rotatable bonds is 17. The van der Waals surface area contributed by atoms with E-state index in [0.29, 0.717) is 35.7 Å². The zero-order valence-corrected chi connectivity index (χ0v) is 27.7. The average Bonchev–Trinajstić information content (AvgIpc) is 3.14. The molecule has 0 fully saturated rings. The summed E-state index contributed by atoms with van der Waals surface area (Å²) in [5.41, 5.74) is 1.08. The number of esters is 5. The maximum absolute atomic E-state index is 12.7. The highest BCUT2D eigenvalue weighted by Crippen LogP contribution is 2.22. The van der Waals surface area contributed by atoms with Crippen LogP contribution < -0.4 is 23.7 Å². The van der Waals surface area contributed by atoms with Crippen molar-refractivity contribution in [2.75, 3.05) is 26.4 Å². The molecule has 0 aliphatic rings. The Labute approximate surface area is 293 Å². The van der Waals surface area contributed by atoms with Crippen molar-refractivity contribution in [1.29, 1.82) is 0 Å². The first-order valence-electron chi connectivity index (χ1n) is 15.6. The average molecular weight is 695 g/mol. The van der Waals surface area contributed by atoms with Gasteiger partial charge in [0.15, 0.2) is 0 Å². The van der Waals surface area contributed by atoms with Gasteiger partial charge >= 0.3 is 29.8 Å². The highest BCUT2D eigenvalue weighted by atomic mass is 16.6. The van der Waals surface area contributed by atoms with Crippen LogP contribution >= 0.6 is 0 Å². The van der Waals surface area contributed by atoms with Gasteiger partial charge in [0.1, 0.15) is 42.0 Å². The summed E-state index contributed by atoms with van der Waals surface area (Å²) >= 11 is 0. The van der Waals surface area contributed by atoms with Gasteiger partial charge in [-0.1, -0.05) is 13.2 Å². The third-order valence-corrected chi connectivity index (χ3v) is 6.63. The van der Waals surface area contributed by atoms with Crippen molar-refractivity contribution in [1.82, 2.24) is 0 Å². The molecule has 0 radical (unpaired) electrons. The van der Waals surface area contributed by atoms with Gasteiger partial charge in [-0.25, -0.2) is 24.0 Å². The van der Waals surface area contributed by atoms with E-state index in [1.54, 1.807) is 43.3 Å². The summed E-state index contributed by atoms with van der Waals surface area (Å²) in [6.07, 6.45) is 1.59. The molecule has 0 amide bonds. The predicted molar refractivity (Wildman–Crippen MR) is 183 cm³/mol. The fourth-order valence-corrected chi connectivity index (χ4v) is 4.00. The number of hydrogen-bond acceptors (Lipinski definition) is 12. The lowest BCUT2D eigenvalue weighted by Crippen LogP contribution is -2.12. The van der Waals surface area contributed by atoms with Crippen LogP contribution in [0, 0.1) is 0 Å². The van der Waals surface area contributed by atoms with Gasteiger partial charge in [0.2, 0.25) is 0 Å². The van der Waals surface area contributed by atoms with Crippen LogP contribution in [0.5, 0.6) is 28.7 Å². The smallest absolute Gasteiger partial charge is 0.343 e. The molecule has 4 rings (SSSR count). The molecule has 4 aromatic rings. The third kappa shape index (κ3) is 12.1. The first-order valence-corrected chi connectivity index (χ1v) is 15.6. The van der Waals surface area contributed by atoms with E-state index >= 15 is 0 Å². The summed E-state index contributed by atoms with van der Waals surface area (Å²) in [5.74, 6) is -1.16. The maximum Gasteiger partial charge on any atom is 0.343 e. The van der Waals surface area contributed by atoms with Gasteiger partial charge in [0, 0.05) is 18.1 Å². The molecular formula is C39H34O12. The van der Waals surface area contributed by atoms with Crippen LogP contribution in [0.1, 0.15) is 44.4 Å². The Hall–Kier alpha value is -6.69. The summed E-state index contributed by atoms with van der Waals surface area (Å²) in [5, 5.41) is 0. The lowest BCUT2D eigenvalue weighted by Gasteiger charge is -2.09. The van der Waals surface area contributed by atoms with Gasteiger partial charge in [-0.05, 0) is 104 Å². The molecule has 0 unspecified atom stereocenters. The summed E-state index contributed by atoms with van der Waals surface area (Å²) in [6, 6.07) is 24.4. The maximum atomic E-state index is 12.7. The molecule has 4 aromatic carbocycles. The van der Waals surface area contributed by atoms with Crippen molar-refractivity contribution in [3.8, 4) is 28.7 Å². The van der Waals surface area contributed by atoms with Crippen LogP contribution in [-0.2, 0) is 19.1 Å². The summed E-state index contributed by atoms with van der Waals surface area (Å²) in [4.78, 5) is 60.3. The van der Waals surface area contributed by atoms with Crippen LogP contribution in [0.4, 0.5) is 0 Å². The minimum Gasteiger partial charge on any atom is -0.493 e. The van der Waals surface area contributed by atoms with Crippen LogP contribution in [0.15, 0.2) is 122 Å². The number of carbonyl (C=O) groups excluding carboxylic acids is 5. The standard InChI is InChI=1S/C39H34O12/c1-4-35(40)47-23-5-22-45-30-12-6-27(7-13-30)38(43)50-33-18-20-34(21-19-33)51-39(44)29-10-16-32(17-11-29)49-37(42)28-8-14-31(15-9-28)46-24-25-48-36(41)26(2)3/h4,6-21H,1-2,5,22-25H2,3H3. The van der Waals surface area contributed by atoms with Gasteiger partial charge in [-0.3, -0.25) is 0 Å². The lowest BCUT2D eigenvalue weighted by atomic mass is 10.2. The van der Waals surface area contributed by atoms with E-state index in [-0.39, 0.29) is 48.2 Å². The van der Waals surface area contributed by atoms with E-state index in [0.717, 1.165) is 6.08 Å². The predicted octanol–water partition coefficient (Wildman–Crippen LogP) is 6.34. The molecule has 0 N–H and O–H groups in total. The zero-order valence-electron chi connectivity index (χ0n) is 27.7. The number of ether oxygens (including phenoxy) is 7. The molecule has 262 valence electrons. The molecule has 0 saturated carbocycles. The van der Waals surface area contributed by atoms with Crippen molar-refractivity contribution < 1.29 is 57.1 Å². The van der Waals surface area contributed by atoms with Gasteiger partial charge in [0.05, 0.1) is 29.9 Å². The molecule has 0 atom stereocenters. The fraction of sp³-hybridized carbons (Fsp3) is 0.154. The minimum absolute atomic E-state index is 0.0550. The van der Waals surface area contributed by atoms with E-state index < -0.39 is 29.8 Å². The Morgan fingerprint density at radius 3 is 1.27 bits per heavy atom. The summed E-state index contributed by atoms with van der Waals surface area (Å²) in [6.45, 7) is 9.09. The Kier molecular flexibility index (Phi) is 13.6. The van der Waals surface area contributed by atoms with Crippen molar-refractivity contribution in [3.05, 3.63) is 139 Å². The highest BCUT2D eigenvalue weighted by molar-refractivity contribution is 5.93. The molecule has 0 heterocycles. The monoisotopic (exact) mass is 694 g/mol. The van der Waals surface area contributed by atoms with Crippen LogP contribution in [0.3, 0.4) is 0 Å². The van der Waals surface area contributed by atoms with Gasteiger partial charge in [0.25, 0.3) is 0 Å². The van der Waals surface area contributed by atoms with E-state index in [9.17, 15) is 24.0 Å². The highest BCUT2D eigenvalue weighted by Gasteiger charge is 2.14. The number of hydrogen-bond donors (Lipinski definition) is 0. The normalized spacial score (nSPS) is 10.2. The molecular weight excluding hydrogens is 660 g/mol. The molecule has 12 heteroatoms. The van der Waals surface area contributed by atoms with Gasteiger partial charge < -0.3 is 33.2 Å². The van der Waals surface area contributed by atoms with Crippen molar-refractivity contribution in [2.24, 2.45) is 0 Å². The Morgan fingerprint density at radius 2 is 0.882 bits per heavy atom. The second-order valence-corrected chi connectivity index (χ2v) is 10.6.